The molecular formula is C18H22F3N5O. The molecule has 1 aliphatic heterocycles. The molecule has 146 valence electrons. The van der Waals surface area contributed by atoms with E-state index in [2.05, 4.69) is 15.4 Å². The fourth-order valence-electron chi connectivity index (χ4n) is 3.23. The van der Waals surface area contributed by atoms with E-state index >= 15 is 0 Å². The molecule has 2 aromatic rings. The SMILES string of the molecule is CC1CN(C(=O)c2cnn(-c3ccc(C(F)(F)F)cn3)c2C(C)C)CCN1. The van der Waals surface area contributed by atoms with Gasteiger partial charge in [0, 0.05) is 31.9 Å². The highest BCUT2D eigenvalue weighted by molar-refractivity contribution is 5.95. The average molecular weight is 381 g/mol. The summed E-state index contributed by atoms with van der Waals surface area (Å²) in [5.41, 5.74) is 0.273. The van der Waals surface area contributed by atoms with Gasteiger partial charge in [0.2, 0.25) is 0 Å². The lowest BCUT2D eigenvalue weighted by Gasteiger charge is -2.32. The number of amides is 1. The Labute approximate surface area is 155 Å². The zero-order valence-electron chi connectivity index (χ0n) is 15.4. The van der Waals surface area contributed by atoms with Crippen LogP contribution < -0.4 is 5.32 Å². The zero-order valence-corrected chi connectivity index (χ0v) is 15.4. The summed E-state index contributed by atoms with van der Waals surface area (Å²) in [6, 6.07) is 2.44. The fourth-order valence-corrected chi connectivity index (χ4v) is 3.23. The van der Waals surface area contributed by atoms with Gasteiger partial charge in [-0.25, -0.2) is 9.67 Å². The highest BCUT2D eigenvalue weighted by Crippen LogP contribution is 2.29. The summed E-state index contributed by atoms with van der Waals surface area (Å²) in [4.78, 5) is 18.7. The van der Waals surface area contributed by atoms with Crippen molar-refractivity contribution in [3.05, 3.63) is 41.3 Å². The third-order valence-corrected chi connectivity index (χ3v) is 4.53. The van der Waals surface area contributed by atoms with Crippen LogP contribution in [0.25, 0.3) is 5.82 Å². The molecule has 1 saturated heterocycles. The molecule has 1 fully saturated rings. The lowest BCUT2D eigenvalue weighted by molar-refractivity contribution is -0.137. The molecule has 0 spiro atoms. The predicted molar refractivity (Wildman–Crippen MR) is 93.8 cm³/mol. The van der Waals surface area contributed by atoms with E-state index in [0.29, 0.717) is 24.3 Å². The van der Waals surface area contributed by atoms with Crippen LogP contribution in [-0.2, 0) is 6.18 Å². The van der Waals surface area contributed by atoms with Crippen molar-refractivity contribution in [3.63, 3.8) is 0 Å². The van der Waals surface area contributed by atoms with Gasteiger partial charge in [-0.2, -0.15) is 18.3 Å². The molecule has 3 heterocycles. The first-order chi connectivity index (χ1) is 12.7. The van der Waals surface area contributed by atoms with E-state index < -0.39 is 11.7 Å². The second-order valence-corrected chi connectivity index (χ2v) is 7.02. The van der Waals surface area contributed by atoms with Crippen molar-refractivity contribution in [1.82, 2.24) is 25.0 Å². The molecule has 0 saturated carbocycles. The Kier molecular flexibility index (Phi) is 5.23. The monoisotopic (exact) mass is 381 g/mol. The van der Waals surface area contributed by atoms with Crippen molar-refractivity contribution in [2.45, 2.75) is 38.9 Å². The van der Waals surface area contributed by atoms with Crippen molar-refractivity contribution in [2.24, 2.45) is 0 Å². The molecule has 0 aromatic carbocycles. The molecule has 0 radical (unpaired) electrons. The van der Waals surface area contributed by atoms with Gasteiger partial charge < -0.3 is 10.2 Å². The number of piperazine rings is 1. The first kappa shape index (κ1) is 19.3. The fraction of sp³-hybridized carbons (Fsp3) is 0.500. The van der Waals surface area contributed by atoms with Crippen molar-refractivity contribution in [3.8, 4) is 5.82 Å². The molecule has 3 rings (SSSR count). The smallest absolute Gasteiger partial charge is 0.336 e. The number of carbonyl (C=O) groups excluding carboxylic acids is 1. The summed E-state index contributed by atoms with van der Waals surface area (Å²) < 4.78 is 39.7. The minimum atomic E-state index is -4.45. The van der Waals surface area contributed by atoms with Crippen LogP contribution in [0.5, 0.6) is 0 Å². The molecule has 0 aliphatic carbocycles. The molecule has 1 atom stereocenters. The highest BCUT2D eigenvalue weighted by atomic mass is 19.4. The topological polar surface area (TPSA) is 63.1 Å². The lowest BCUT2D eigenvalue weighted by Crippen LogP contribution is -2.51. The van der Waals surface area contributed by atoms with Gasteiger partial charge >= 0.3 is 6.18 Å². The van der Waals surface area contributed by atoms with Crippen LogP contribution in [0.3, 0.4) is 0 Å². The van der Waals surface area contributed by atoms with Crippen LogP contribution >= 0.6 is 0 Å². The average Bonchev–Trinajstić information content (AvgIpc) is 3.05. The third kappa shape index (κ3) is 3.97. The molecule has 9 heteroatoms. The molecule has 1 aliphatic rings. The van der Waals surface area contributed by atoms with Crippen molar-refractivity contribution < 1.29 is 18.0 Å². The molecule has 1 unspecified atom stereocenters. The van der Waals surface area contributed by atoms with Gasteiger partial charge in [-0.15, -0.1) is 0 Å². The Morgan fingerprint density at radius 2 is 2.04 bits per heavy atom. The Morgan fingerprint density at radius 3 is 2.59 bits per heavy atom. The number of alkyl halides is 3. The first-order valence-electron chi connectivity index (χ1n) is 8.82. The van der Waals surface area contributed by atoms with Gasteiger partial charge in [-0.1, -0.05) is 13.8 Å². The maximum atomic E-state index is 13.0. The number of halogens is 3. The molecule has 27 heavy (non-hydrogen) atoms. The minimum absolute atomic E-state index is 0.0594. The van der Waals surface area contributed by atoms with E-state index in [0.717, 1.165) is 18.8 Å². The van der Waals surface area contributed by atoms with E-state index in [1.807, 2.05) is 20.8 Å². The first-order valence-corrected chi connectivity index (χ1v) is 8.82. The normalized spacial score (nSPS) is 18.2. The molecule has 1 amide bonds. The van der Waals surface area contributed by atoms with Crippen LogP contribution in [-0.4, -0.2) is 51.2 Å². The molecular weight excluding hydrogens is 359 g/mol. The highest BCUT2D eigenvalue weighted by Gasteiger charge is 2.31. The Balaban J connectivity index is 1.95. The van der Waals surface area contributed by atoms with Gasteiger partial charge in [0.1, 0.15) is 0 Å². The summed E-state index contributed by atoms with van der Waals surface area (Å²) >= 11 is 0. The largest absolute Gasteiger partial charge is 0.417 e. The maximum absolute atomic E-state index is 13.0. The predicted octanol–water partition coefficient (Wildman–Crippen LogP) is 2.84. The quantitative estimate of drug-likeness (QED) is 0.888. The van der Waals surface area contributed by atoms with E-state index in [9.17, 15) is 18.0 Å². The van der Waals surface area contributed by atoms with Gasteiger partial charge in [-0.3, -0.25) is 4.79 Å². The zero-order chi connectivity index (χ0) is 19.8. The molecule has 1 N–H and O–H groups in total. The Hall–Kier alpha value is -2.42. The number of rotatable bonds is 3. The number of nitrogens with one attached hydrogen (secondary N) is 1. The van der Waals surface area contributed by atoms with Gasteiger partial charge in [0.25, 0.3) is 5.91 Å². The van der Waals surface area contributed by atoms with Crippen LogP contribution in [0, 0.1) is 0 Å². The number of carbonyl (C=O) groups is 1. The van der Waals surface area contributed by atoms with Crippen LogP contribution in [0.2, 0.25) is 0 Å². The van der Waals surface area contributed by atoms with E-state index in [4.69, 9.17) is 0 Å². The number of hydrogen-bond donors (Lipinski definition) is 1. The summed E-state index contributed by atoms with van der Waals surface area (Å²) in [5, 5.41) is 7.53. The Bertz CT molecular complexity index is 813. The molecule has 2 aromatic heterocycles. The van der Waals surface area contributed by atoms with Crippen molar-refractivity contribution in [2.75, 3.05) is 19.6 Å². The van der Waals surface area contributed by atoms with Crippen LogP contribution in [0.15, 0.2) is 24.5 Å². The second kappa shape index (κ2) is 7.30. The molecule has 0 bridgehead atoms. The second-order valence-electron chi connectivity index (χ2n) is 7.02. The van der Waals surface area contributed by atoms with Gasteiger partial charge in [0.05, 0.1) is 23.0 Å². The standard InChI is InChI=1S/C18H22F3N5O/c1-11(2)16-14(17(27)25-7-6-22-12(3)10-25)9-24-26(16)15-5-4-13(8-23-15)18(19,20)21/h4-5,8-9,11-12,22H,6-7,10H2,1-3H3. The minimum Gasteiger partial charge on any atom is -0.336 e. The van der Waals surface area contributed by atoms with Crippen LogP contribution in [0.4, 0.5) is 13.2 Å². The van der Waals surface area contributed by atoms with Gasteiger partial charge in [0.15, 0.2) is 5.82 Å². The lowest BCUT2D eigenvalue weighted by atomic mass is 10.0. The number of aromatic nitrogens is 3. The van der Waals surface area contributed by atoms with Crippen molar-refractivity contribution >= 4 is 5.91 Å². The summed E-state index contributed by atoms with van der Waals surface area (Å²) in [6.45, 7) is 7.75. The van der Waals surface area contributed by atoms with E-state index in [1.165, 1.54) is 16.9 Å². The Morgan fingerprint density at radius 1 is 1.30 bits per heavy atom. The van der Waals surface area contributed by atoms with E-state index in [1.54, 1.807) is 4.90 Å². The number of nitrogens with zero attached hydrogens (tertiary/aromatic N) is 4. The van der Waals surface area contributed by atoms with Crippen LogP contribution in [0.1, 0.15) is 48.3 Å². The number of hydrogen-bond acceptors (Lipinski definition) is 4. The van der Waals surface area contributed by atoms with Crippen molar-refractivity contribution in [1.29, 1.82) is 0 Å². The number of pyridine rings is 1. The van der Waals surface area contributed by atoms with E-state index in [-0.39, 0.29) is 23.7 Å². The summed E-state index contributed by atoms with van der Waals surface area (Å²) in [5.74, 6) is 0.0699. The maximum Gasteiger partial charge on any atom is 0.417 e. The summed E-state index contributed by atoms with van der Waals surface area (Å²) in [6.07, 6.45) is -2.19. The molecule has 6 nitrogen and oxygen atoms in total. The van der Waals surface area contributed by atoms with Gasteiger partial charge in [-0.05, 0) is 25.0 Å². The third-order valence-electron chi connectivity index (χ3n) is 4.53. The summed E-state index contributed by atoms with van der Waals surface area (Å²) in [7, 11) is 0.